The summed E-state index contributed by atoms with van der Waals surface area (Å²) in [5.41, 5.74) is 6.54. The van der Waals surface area contributed by atoms with Gasteiger partial charge >= 0.3 is 0 Å². The van der Waals surface area contributed by atoms with E-state index in [4.69, 9.17) is 21.1 Å². The Bertz CT molecular complexity index is 1090. The first kappa shape index (κ1) is 25.3. The number of nitrogens with zero attached hydrogens (tertiary/aromatic N) is 6. The van der Waals surface area contributed by atoms with E-state index in [0.717, 1.165) is 44.7 Å². The smallest absolute Gasteiger partial charge is 0.254 e. The summed E-state index contributed by atoms with van der Waals surface area (Å²) in [7, 11) is 0. The third kappa shape index (κ3) is 6.45. The van der Waals surface area contributed by atoms with Gasteiger partial charge in [0.05, 0.1) is 12.6 Å². The molecule has 0 bridgehead atoms. The lowest BCUT2D eigenvalue weighted by Crippen LogP contribution is -2.47. The molecule has 0 saturated carbocycles. The molecule has 12 heteroatoms. The summed E-state index contributed by atoms with van der Waals surface area (Å²) >= 11 is 0. The van der Waals surface area contributed by atoms with Gasteiger partial charge in [0.25, 0.3) is 5.91 Å². The summed E-state index contributed by atoms with van der Waals surface area (Å²) in [5.74, 6) is 0.696. The van der Waals surface area contributed by atoms with E-state index in [1.807, 2.05) is 29.2 Å². The molecule has 0 radical (unpaired) electrons. The van der Waals surface area contributed by atoms with Crippen LogP contribution in [0.5, 0.6) is 5.75 Å². The Hall–Kier alpha value is -3.79. The number of carbonyl (C=O) groups excluding carboxylic acids is 1. The lowest BCUT2D eigenvalue weighted by molar-refractivity contribution is 0.100. The van der Waals surface area contributed by atoms with Gasteiger partial charge in [-0.05, 0) is 24.3 Å². The number of anilines is 3. The van der Waals surface area contributed by atoms with Crippen LogP contribution < -0.4 is 26.0 Å². The van der Waals surface area contributed by atoms with Gasteiger partial charge in [-0.15, -0.1) is 0 Å². The van der Waals surface area contributed by atoms with E-state index in [0.29, 0.717) is 51.0 Å². The lowest BCUT2D eigenvalue weighted by atomic mass is 10.2. The number of piperazine rings is 2. The fourth-order valence-corrected chi connectivity index (χ4v) is 4.25. The molecule has 4 rings (SSSR count). The Morgan fingerprint density at radius 2 is 1.86 bits per heavy atom. The first-order valence-electron chi connectivity index (χ1n) is 12.1. The summed E-state index contributed by atoms with van der Waals surface area (Å²) in [6, 6.07) is 9.58. The summed E-state index contributed by atoms with van der Waals surface area (Å²) in [4.78, 5) is 27.6. The number of hydrogen-bond acceptors (Lipinski definition) is 11. The van der Waals surface area contributed by atoms with Crippen LogP contribution in [0.2, 0.25) is 0 Å². The minimum absolute atomic E-state index is 0.0632. The number of benzene rings is 1. The van der Waals surface area contributed by atoms with E-state index in [9.17, 15) is 4.79 Å². The van der Waals surface area contributed by atoms with Crippen molar-refractivity contribution in [2.45, 2.75) is 0 Å². The van der Waals surface area contributed by atoms with E-state index in [1.165, 1.54) is 0 Å². The van der Waals surface area contributed by atoms with Gasteiger partial charge in [0, 0.05) is 70.8 Å². The summed E-state index contributed by atoms with van der Waals surface area (Å²) in [6.07, 6.45) is 1.01. The van der Waals surface area contributed by atoms with Gasteiger partial charge in [-0.25, -0.2) is 4.98 Å². The van der Waals surface area contributed by atoms with Crippen molar-refractivity contribution in [2.75, 3.05) is 82.3 Å². The molecule has 0 aliphatic carbocycles. The van der Waals surface area contributed by atoms with Crippen molar-refractivity contribution < 1.29 is 9.53 Å². The summed E-state index contributed by atoms with van der Waals surface area (Å²) in [6.45, 7) is 8.62. The highest BCUT2D eigenvalue weighted by Crippen LogP contribution is 2.25. The molecule has 2 aliphatic rings. The van der Waals surface area contributed by atoms with Crippen LogP contribution in [-0.2, 0) is 0 Å². The Kier molecular flexibility index (Phi) is 8.62. The normalized spacial score (nSPS) is 16.8. The number of primary amides is 1. The number of carbonyl (C=O) groups is 1. The van der Waals surface area contributed by atoms with Crippen LogP contribution in [-0.4, -0.2) is 104 Å². The van der Waals surface area contributed by atoms with Crippen molar-refractivity contribution in [1.29, 1.82) is 10.7 Å². The predicted molar refractivity (Wildman–Crippen MR) is 137 cm³/mol. The standard InChI is InChI=1S/C24H32N10O2/c25-5-8-32-11-13-34(14-12-32)24-30-20(17-26)21(22(27)35)23(31-24)29-18-1-3-19(4-2-18)36-16-15-33-9-6-28-7-10-33/h1-4,17,26,28H,6-16H2,(H2,27,35)(H,29,30,31). The largest absolute Gasteiger partial charge is 0.492 e. The van der Waals surface area contributed by atoms with E-state index in [2.05, 4.69) is 36.5 Å². The molecule has 190 valence electrons. The number of ether oxygens (including phenoxy) is 1. The van der Waals surface area contributed by atoms with Gasteiger partial charge in [-0.1, -0.05) is 0 Å². The Morgan fingerprint density at radius 1 is 1.14 bits per heavy atom. The third-order valence-electron chi connectivity index (χ3n) is 6.26. The molecule has 36 heavy (non-hydrogen) atoms. The first-order chi connectivity index (χ1) is 17.6. The van der Waals surface area contributed by atoms with E-state index in [-0.39, 0.29) is 17.1 Å². The molecule has 2 fully saturated rings. The zero-order valence-electron chi connectivity index (χ0n) is 20.2. The van der Waals surface area contributed by atoms with Gasteiger partial charge < -0.3 is 31.4 Å². The first-order valence-corrected chi connectivity index (χ1v) is 12.1. The highest BCUT2D eigenvalue weighted by molar-refractivity contribution is 6.04. The zero-order valence-corrected chi connectivity index (χ0v) is 20.2. The maximum atomic E-state index is 12.2. The Morgan fingerprint density at radius 3 is 2.50 bits per heavy atom. The molecule has 2 aliphatic heterocycles. The minimum Gasteiger partial charge on any atom is -0.492 e. The molecule has 1 amide bonds. The second-order valence-corrected chi connectivity index (χ2v) is 8.65. The van der Waals surface area contributed by atoms with E-state index < -0.39 is 5.91 Å². The van der Waals surface area contributed by atoms with Gasteiger partial charge in [0.2, 0.25) is 5.95 Å². The maximum absolute atomic E-state index is 12.2. The summed E-state index contributed by atoms with van der Waals surface area (Å²) < 4.78 is 5.89. The topological polar surface area (TPSA) is 160 Å². The molecule has 0 atom stereocenters. The van der Waals surface area contributed by atoms with Gasteiger partial charge in [-0.3, -0.25) is 14.6 Å². The monoisotopic (exact) mass is 492 g/mol. The number of nitrogens with two attached hydrogens (primary N) is 1. The van der Waals surface area contributed by atoms with Crippen LogP contribution in [0.25, 0.3) is 0 Å². The number of rotatable bonds is 10. The summed E-state index contributed by atoms with van der Waals surface area (Å²) in [5, 5.41) is 23.2. The van der Waals surface area contributed by atoms with Crippen LogP contribution in [0.15, 0.2) is 24.3 Å². The molecule has 2 saturated heterocycles. The Balaban J connectivity index is 1.45. The average Bonchev–Trinajstić information content (AvgIpc) is 2.90. The number of amides is 1. The van der Waals surface area contributed by atoms with Crippen LogP contribution in [0.3, 0.4) is 0 Å². The minimum atomic E-state index is -0.714. The number of nitriles is 1. The highest BCUT2D eigenvalue weighted by atomic mass is 16.5. The maximum Gasteiger partial charge on any atom is 0.254 e. The molecular formula is C24H32N10O2. The van der Waals surface area contributed by atoms with E-state index in [1.54, 1.807) is 0 Å². The SMILES string of the molecule is N#CCN1CCN(c2nc(C=N)c(C(N)=O)c(Nc3ccc(OCCN4CCNCC4)cc3)n2)CC1. The van der Waals surface area contributed by atoms with Crippen LogP contribution in [0.1, 0.15) is 16.1 Å². The molecule has 0 spiro atoms. The van der Waals surface area contributed by atoms with Crippen LogP contribution in [0, 0.1) is 16.7 Å². The molecular weight excluding hydrogens is 460 g/mol. The number of hydrogen-bond donors (Lipinski definition) is 4. The third-order valence-corrected chi connectivity index (χ3v) is 6.26. The quantitative estimate of drug-likeness (QED) is 0.267. The van der Waals surface area contributed by atoms with Gasteiger partial charge in [0.1, 0.15) is 29.4 Å². The predicted octanol–water partition coefficient (Wildman–Crippen LogP) is 0.246. The van der Waals surface area contributed by atoms with E-state index >= 15 is 0 Å². The van der Waals surface area contributed by atoms with Crippen LogP contribution >= 0.6 is 0 Å². The molecule has 12 nitrogen and oxygen atoms in total. The fourth-order valence-electron chi connectivity index (χ4n) is 4.25. The molecule has 1 aromatic heterocycles. The highest BCUT2D eigenvalue weighted by Gasteiger charge is 2.23. The zero-order chi connectivity index (χ0) is 25.3. The van der Waals surface area contributed by atoms with Crippen molar-refractivity contribution in [2.24, 2.45) is 5.73 Å². The second kappa shape index (κ2) is 12.3. The Labute approximate surface area is 210 Å². The van der Waals surface area contributed by atoms with Crippen molar-refractivity contribution in [3.63, 3.8) is 0 Å². The number of aromatic nitrogens is 2. The average molecular weight is 493 g/mol. The molecule has 3 heterocycles. The van der Waals surface area contributed by atoms with Crippen molar-refractivity contribution in [3.8, 4) is 11.8 Å². The second-order valence-electron chi connectivity index (χ2n) is 8.65. The molecule has 1 aromatic carbocycles. The fraction of sp³-hybridized carbons (Fsp3) is 0.458. The molecule has 2 aromatic rings. The number of nitrogens with one attached hydrogen (secondary N) is 3. The van der Waals surface area contributed by atoms with Gasteiger partial charge in [-0.2, -0.15) is 10.2 Å². The van der Waals surface area contributed by atoms with Gasteiger partial charge in [0.15, 0.2) is 0 Å². The van der Waals surface area contributed by atoms with Crippen molar-refractivity contribution in [1.82, 2.24) is 25.1 Å². The van der Waals surface area contributed by atoms with Crippen LogP contribution in [0.4, 0.5) is 17.5 Å². The molecule has 0 unspecified atom stereocenters. The lowest BCUT2D eigenvalue weighted by Gasteiger charge is -2.33. The van der Waals surface area contributed by atoms with Crippen molar-refractivity contribution in [3.05, 3.63) is 35.5 Å². The molecule has 5 N–H and O–H groups in total. The van der Waals surface area contributed by atoms with Crippen molar-refractivity contribution >= 4 is 29.6 Å².